The predicted octanol–water partition coefficient (Wildman–Crippen LogP) is 0.256. The minimum atomic E-state index is -0.275. The maximum Gasteiger partial charge on any atom is 0.268 e. The Hall–Kier alpha value is -1.40. The maximum absolute atomic E-state index is 11.6. The van der Waals surface area contributed by atoms with E-state index >= 15 is 0 Å². The standard InChI is InChI=1S/C12H21N5O/c1-9-4-3-5-17(7-9)8-11-10(12(18)15-13)6-14-16(11)2/h6,9H,3-5,7-8,13H2,1-2H3,(H,15,18)/t9-/m0/s1. The maximum atomic E-state index is 11.6. The van der Waals surface area contributed by atoms with Crippen LogP contribution in [0.25, 0.3) is 0 Å². The second-order valence-corrected chi connectivity index (χ2v) is 5.08. The number of hydrogen-bond acceptors (Lipinski definition) is 4. The topological polar surface area (TPSA) is 76.2 Å². The second kappa shape index (κ2) is 5.49. The number of rotatable bonds is 3. The summed E-state index contributed by atoms with van der Waals surface area (Å²) >= 11 is 0. The van der Waals surface area contributed by atoms with Gasteiger partial charge in [-0.15, -0.1) is 0 Å². The Morgan fingerprint density at radius 3 is 3.11 bits per heavy atom. The number of nitrogen functional groups attached to an aromatic ring is 1. The third-order valence-corrected chi connectivity index (χ3v) is 3.55. The van der Waals surface area contributed by atoms with Crippen LogP contribution in [0.3, 0.4) is 0 Å². The summed E-state index contributed by atoms with van der Waals surface area (Å²) in [6.07, 6.45) is 4.08. The summed E-state index contributed by atoms with van der Waals surface area (Å²) in [4.78, 5) is 14.0. The smallest absolute Gasteiger partial charge is 0.268 e. The molecule has 1 aliphatic rings. The minimum Gasteiger partial charge on any atom is -0.297 e. The van der Waals surface area contributed by atoms with Crippen molar-refractivity contribution in [1.29, 1.82) is 0 Å². The van der Waals surface area contributed by atoms with Crippen molar-refractivity contribution in [2.75, 3.05) is 13.1 Å². The summed E-state index contributed by atoms with van der Waals surface area (Å²) in [5, 5.41) is 4.14. The van der Waals surface area contributed by atoms with Crippen LogP contribution in [-0.2, 0) is 13.6 Å². The lowest BCUT2D eigenvalue weighted by Crippen LogP contribution is -2.36. The fourth-order valence-electron chi connectivity index (χ4n) is 2.56. The molecule has 2 heterocycles. The van der Waals surface area contributed by atoms with Crippen LogP contribution in [0.5, 0.6) is 0 Å². The summed E-state index contributed by atoms with van der Waals surface area (Å²) in [5.41, 5.74) is 3.66. The molecule has 100 valence electrons. The average Bonchev–Trinajstić information content (AvgIpc) is 2.70. The number of carbonyl (C=O) groups excluding carboxylic acids is 1. The molecule has 1 fully saturated rings. The van der Waals surface area contributed by atoms with Crippen molar-refractivity contribution in [1.82, 2.24) is 20.1 Å². The zero-order valence-corrected chi connectivity index (χ0v) is 11.0. The van der Waals surface area contributed by atoms with Gasteiger partial charge in [0, 0.05) is 20.1 Å². The number of carbonyl (C=O) groups is 1. The summed E-state index contributed by atoms with van der Waals surface area (Å²) in [6, 6.07) is 0. The van der Waals surface area contributed by atoms with E-state index in [0.717, 1.165) is 31.2 Å². The Morgan fingerprint density at radius 2 is 2.44 bits per heavy atom. The van der Waals surface area contributed by atoms with E-state index in [4.69, 9.17) is 5.84 Å². The normalized spacial score (nSPS) is 20.9. The van der Waals surface area contributed by atoms with Crippen LogP contribution in [0.15, 0.2) is 6.20 Å². The molecule has 18 heavy (non-hydrogen) atoms. The fourth-order valence-corrected chi connectivity index (χ4v) is 2.56. The van der Waals surface area contributed by atoms with Gasteiger partial charge in [-0.25, -0.2) is 5.84 Å². The summed E-state index contributed by atoms with van der Waals surface area (Å²) in [6.45, 7) is 5.18. The highest BCUT2D eigenvalue weighted by molar-refractivity contribution is 5.94. The first-order chi connectivity index (χ1) is 8.61. The van der Waals surface area contributed by atoms with Crippen molar-refractivity contribution in [2.24, 2.45) is 18.8 Å². The number of amides is 1. The molecule has 0 unspecified atom stereocenters. The third-order valence-electron chi connectivity index (χ3n) is 3.55. The molecule has 0 saturated carbocycles. The predicted molar refractivity (Wildman–Crippen MR) is 68.5 cm³/mol. The average molecular weight is 251 g/mol. The van der Waals surface area contributed by atoms with Crippen LogP contribution in [-0.4, -0.2) is 33.7 Å². The SMILES string of the molecule is C[C@H]1CCCN(Cc2c(C(=O)NN)cnn2C)C1. The molecule has 1 atom stereocenters. The number of aromatic nitrogens is 2. The van der Waals surface area contributed by atoms with Gasteiger partial charge in [0.05, 0.1) is 17.5 Å². The summed E-state index contributed by atoms with van der Waals surface area (Å²) in [5.74, 6) is 5.63. The number of nitrogens with one attached hydrogen (secondary N) is 1. The zero-order chi connectivity index (χ0) is 13.1. The van der Waals surface area contributed by atoms with Crippen LogP contribution in [0.1, 0.15) is 35.8 Å². The first kappa shape index (κ1) is 13.0. The molecule has 1 aliphatic heterocycles. The number of piperidine rings is 1. The molecule has 2 rings (SSSR count). The van der Waals surface area contributed by atoms with Crippen LogP contribution >= 0.6 is 0 Å². The number of nitrogens with two attached hydrogens (primary N) is 1. The highest BCUT2D eigenvalue weighted by Crippen LogP contribution is 2.19. The van der Waals surface area contributed by atoms with Crippen LogP contribution in [0, 0.1) is 5.92 Å². The number of aryl methyl sites for hydroxylation is 1. The van der Waals surface area contributed by atoms with Gasteiger partial charge in [-0.05, 0) is 25.3 Å². The monoisotopic (exact) mass is 251 g/mol. The van der Waals surface area contributed by atoms with E-state index in [1.165, 1.54) is 12.8 Å². The summed E-state index contributed by atoms with van der Waals surface area (Å²) < 4.78 is 1.75. The molecule has 3 N–H and O–H groups in total. The van der Waals surface area contributed by atoms with Crippen LogP contribution in [0.2, 0.25) is 0 Å². The molecule has 6 nitrogen and oxygen atoms in total. The first-order valence-corrected chi connectivity index (χ1v) is 6.36. The molecule has 0 bridgehead atoms. The molecule has 0 aliphatic carbocycles. The Labute approximate surface area is 107 Å². The van der Waals surface area contributed by atoms with Gasteiger partial charge in [-0.2, -0.15) is 5.10 Å². The van der Waals surface area contributed by atoms with Crippen molar-refractivity contribution in [3.05, 3.63) is 17.5 Å². The van der Waals surface area contributed by atoms with E-state index in [2.05, 4.69) is 22.3 Å². The van der Waals surface area contributed by atoms with E-state index < -0.39 is 0 Å². The molecule has 0 aromatic carbocycles. The molecule has 0 radical (unpaired) electrons. The van der Waals surface area contributed by atoms with E-state index in [1.54, 1.807) is 10.9 Å². The molecular weight excluding hydrogens is 230 g/mol. The third kappa shape index (κ3) is 2.70. The molecule has 1 aromatic heterocycles. The van der Waals surface area contributed by atoms with Crippen molar-refractivity contribution in [3.63, 3.8) is 0 Å². The van der Waals surface area contributed by atoms with Gasteiger partial charge in [0.2, 0.25) is 0 Å². The number of hydrazine groups is 1. The molecule has 1 aromatic rings. The largest absolute Gasteiger partial charge is 0.297 e. The minimum absolute atomic E-state index is 0.275. The van der Waals surface area contributed by atoms with Gasteiger partial charge in [-0.1, -0.05) is 6.92 Å². The lowest BCUT2D eigenvalue weighted by Gasteiger charge is -2.30. The quantitative estimate of drug-likeness (QED) is 0.459. The van der Waals surface area contributed by atoms with Gasteiger partial charge in [0.15, 0.2) is 0 Å². The lowest BCUT2D eigenvalue weighted by molar-refractivity contribution is 0.0950. The van der Waals surface area contributed by atoms with Gasteiger partial charge in [0.1, 0.15) is 0 Å². The fraction of sp³-hybridized carbons (Fsp3) is 0.667. The molecule has 6 heteroatoms. The Bertz CT molecular complexity index is 428. The second-order valence-electron chi connectivity index (χ2n) is 5.08. The molecule has 1 saturated heterocycles. The zero-order valence-electron chi connectivity index (χ0n) is 11.0. The van der Waals surface area contributed by atoms with Crippen LogP contribution in [0.4, 0.5) is 0 Å². The summed E-state index contributed by atoms with van der Waals surface area (Å²) in [7, 11) is 1.86. The highest BCUT2D eigenvalue weighted by Gasteiger charge is 2.21. The Kier molecular flexibility index (Phi) is 3.98. The lowest BCUT2D eigenvalue weighted by atomic mass is 10.00. The van der Waals surface area contributed by atoms with Crippen molar-refractivity contribution >= 4 is 5.91 Å². The number of hydrogen-bond donors (Lipinski definition) is 2. The van der Waals surface area contributed by atoms with Gasteiger partial charge in [0.25, 0.3) is 5.91 Å². The first-order valence-electron chi connectivity index (χ1n) is 6.36. The Balaban J connectivity index is 2.12. The van der Waals surface area contributed by atoms with Gasteiger partial charge < -0.3 is 0 Å². The van der Waals surface area contributed by atoms with E-state index in [0.29, 0.717) is 5.56 Å². The number of likely N-dealkylation sites (tertiary alicyclic amines) is 1. The van der Waals surface area contributed by atoms with E-state index in [1.807, 2.05) is 7.05 Å². The van der Waals surface area contributed by atoms with Crippen LogP contribution < -0.4 is 11.3 Å². The van der Waals surface area contributed by atoms with Gasteiger partial charge in [-0.3, -0.25) is 19.8 Å². The van der Waals surface area contributed by atoms with Crippen molar-refractivity contribution in [2.45, 2.75) is 26.3 Å². The molecule has 0 spiro atoms. The van der Waals surface area contributed by atoms with E-state index in [9.17, 15) is 4.79 Å². The van der Waals surface area contributed by atoms with Crippen molar-refractivity contribution in [3.8, 4) is 0 Å². The van der Waals surface area contributed by atoms with Crippen molar-refractivity contribution < 1.29 is 4.79 Å². The molecule has 1 amide bonds. The number of nitrogens with zero attached hydrogens (tertiary/aromatic N) is 3. The van der Waals surface area contributed by atoms with Gasteiger partial charge >= 0.3 is 0 Å². The molecular formula is C12H21N5O. The van der Waals surface area contributed by atoms with E-state index in [-0.39, 0.29) is 5.91 Å². The Morgan fingerprint density at radius 1 is 1.67 bits per heavy atom. The highest BCUT2D eigenvalue weighted by atomic mass is 16.2.